The number of carbonyl (C=O) groups is 1. The first-order valence-electron chi connectivity index (χ1n) is 6.47. The van der Waals surface area contributed by atoms with Crippen LogP contribution in [0.1, 0.15) is 15.9 Å². The number of fused-ring (bicyclic) bond motifs is 1. The smallest absolute Gasteiger partial charge is 0.237 e. The summed E-state index contributed by atoms with van der Waals surface area (Å²) in [5.74, 6) is 3.45. The molecule has 2 aliphatic heterocycles. The van der Waals surface area contributed by atoms with Crippen molar-refractivity contribution in [3.8, 4) is 17.7 Å². The Morgan fingerprint density at radius 2 is 2.05 bits per heavy atom. The summed E-state index contributed by atoms with van der Waals surface area (Å²) in [4.78, 5) is 13.9. The zero-order chi connectivity index (χ0) is 13.1. The summed E-state index contributed by atoms with van der Waals surface area (Å²) in [6.07, 6.45) is 0.868. The molecule has 2 heterocycles. The summed E-state index contributed by atoms with van der Waals surface area (Å²) >= 11 is 0. The van der Waals surface area contributed by atoms with Crippen molar-refractivity contribution in [2.24, 2.45) is 0 Å². The van der Waals surface area contributed by atoms with E-state index >= 15 is 0 Å². The zero-order valence-electron chi connectivity index (χ0n) is 10.6. The number of carbonyl (C=O) groups excluding carboxylic acids is 1. The quantitative estimate of drug-likeness (QED) is 0.558. The molecule has 19 heavy (non-hydrogen) atoms. The van der Waals surface area contributed by atoms with Crippen LogP contribution in [0.2, 0.25) is 0 Å². The molecule has 0 saturated carbocycles. The topological polar surface area (TPSA) is 38.8 Å². The van der Waals surface area contributed by atoms with E-state index in [4.69, 9.17) is 9.47 Å². The summed E-state index contributed by atoms with van der Waals surface area (Å²) in [6, 6.07) is 8.43. The molecule has 0 bridgehead atoms. The van der Waals surface area contributed by atoms with Crippen molar-refractivity contribution in [2.75, 3.05) is 32.9 Å². The number of rotatable bonds is 1. The van der Waals surface area contributed by atoms with Crippen LogP contribution in [0.15, 0.2) is 18.2 Å². The third-order valence-electron chi connectivity index (χ3n) is 3.29. The molecular weight excluding hydrogens is 242 g/mol. The molecule has 1 aromatic rings. The van der Waals surface area contributed by atoms with E-state index in [0.29, 0.717) is 25.4 Å². The molecule has 0 radical (unpaired) electrons. The maximum Gasteiger partial charge on any atom is 0.237 e. The molecule has 0 aliphatic carbocycles. The zero-order valence-corrected chi connectivity index (χ0v) is 10.6. The average Bonchev–Trinajstić information content (AvgIpc) is 2.93. The van der Waals surface area contributed by atoms with Gasteiger partial charge in [-0.3, -0.25) is 4.79 Å². The second-order valence-electron chi connectivity index (χ2n) is 4.59. The number of hydrogen-bond donors (Lipinski definition) is 0. The summed E-state index contributed by atoms with van der Waals surface area (Å²) in [5, 5.41) is 0. The lowest BCUT2D eigenvalue weighted by molar-refractivity contribution is 0.0637. The van der Waals surface area contributed by atoms with Gasteiger partial charge in [0.05, 0.1) is 19.8 Å². The monoisotopic (exact) mass is 257 g/mol. The van der Waals surface area contributed by atoms with Crippen molar-refractivity contribution >= 4 is 5.78 Å². The number of morpholine rings is 1. The first-order chi connectivity index (χ1) is 9.33. The molecule has 4 nitrogen and oxygen atoms in total. The van der Waals surface area contributed by atoms with Gasteiger partial charge in [0.25, 0.3) is 0 Å². The summed E-state index contributed by atoms with van der Waals surface area (Å²) in [6.45, 7) is 3.58. The van der Waals surface area contributed by atoms with Crippen molar-refractivity contribution in [1.29, 1.82) is 0 Å². The normalized spacial score (nSPS) is 17.2. The predicted octanol–water partition coefficient (Wildman–Crippen LogP) is 1.10. The summed E-state index contributed by atoms with van der Waals surface area (Å²) in [5.41, 5.74) is 1.74. The molecule has 98 valence electrons. The SMILES string of the molecule is O=C(C#CN1CCOCC1)c1ccc2c(c1)CCO2. The lowest BCUT2D eigenvalue weighted by Gasteiger charge is -2.22. The minimum Gasteiger partial charge on any atom is -0.493 e. The average molecular weight is 257 g/mol. The molecule has 0 amide bonds. The second-order valence-corrected chi connectivity index (χ2v) is 4.59. The Bertz CT molecular complexity index is 550. The fraction of sp³-hybridized carbons (Fsp3) is 0.400. The van der Waals surface area contributed by atoms with E-state index < -0.39 is 0 Å². The number of ketones is 1. The van der Waals surface area contributed by atoms with Gasteiger partial charge < -0.3 is 14.4 Å². The molecule has 1 aromatic carbocycles. The van der Waals surface area contributed by atoms with Crippen LogP contribution in [-0.4, -0.2) is 43.6 Å². The van der Waals surface area contributed by atoms with Crippen molar-refractivity contribution < 1.29 is 14.3 Å². The standard InChI is InChI=1S/C15H15NO3/c17-14(3-5-16-6-9-18-10-7-16)12-1-2-15-13(11-12)4-8-19-15/h1-2,11H,4,6-10H2. The van der Waals surface area contributed by atoms with Crippen LogP contribution in [0, 0.1) is 12.0 Å². The number of ether oxygens (including phenoxy) is 2. The number of benzene rings is 1. The number of nitrogens with zero attached hydrogens (tertiary/aromatic N) is 1. The Labute approximate surface area is 112 Å². The highest BCUT2D eigenvalue weighted by atomic mass is 16.5. The molecule has 1 saturated heterocycles. The first-order valence-corrected chi connectivity index (χ1v) is 6.47. The third kappa shape index (κ3) is 2.72. The number of Topliss-reactive ketones (excluding diaryl/α,β-unsaturated/α-hetero) is 1. The van der Waals surface area contributed by atoms with E-state index in [-0.39, 0.29) is 5.78 Å². The van der Waals surface area contributed by atoms with Crippen LogP contribution in [0.5, 0.6) is 5.75 Å². The fourth-order valence-electron chi connectivity index (χ4n) is 2.20. The Hall–Kier alpha value is -1.99. The lowest BCUT2D eigenvalue weighted by Crippen LogP contribution is -2.32. The van der Waals surface area contributed by atoms with Gasteiger partial charge in [-0.25, -0.2) is 0 Å². The van der Waals surface area contributed by atoms with E-state index in [1.165, 1.54) is 0 Å². The van der Waals surface area contributed by atoms with Crippen LogP contribution >= 0.6 is 0 Å². The van der Waals surface area contributed by atoms with E-state index in [0.717, 1.165) is 30.8 Å². The molecule has 0 aromatic heterocycles. The predicted molar refractivity (Wildman–Crippen MR) is 70.1 cm³/mol. The van der Waals surface area contributed by atoms with Crippen molar-refractivity contribution in [1.82, 2.24) is 4.90 Å². The van der Waals surface area contributed by atoms with E-state index in [1.807, 2.05) is 17.0 Å². The van der Waals surface area contributed by atoms with Crippen LogP contribution in [0.4, 0.5) is 0 Å². The second kappa shape index (κ2) is 5.33. The molecule has 4 heteroatoms. The van der Waals surface area contributed by atoms with Crippen molar-refractivity contribution in [2.45, 2.75) is 6.42 Å². The highest BCUT2D eigenvalue weighted by Crippen LogP contribution is 2.25. The van der Waals surface area contributed by atoms with Crippen molar-refractivity contribution in [3.05, 3.63) is 29.3 Å². The van der Waals surface area contributed by atoms with Gasteiger partial charge in [0, 0.05) is 31.1 Å². The van der Waals surface area contributed by atoms with E-state index in [1.54, 1.807) is 6.07 Å². The van der Waals surface area contributed by atoms with Gasteiger partial charge in [-0.2, -0.15) is 0 Å². The van der Waals surface area contributed by atoms with Crippen LogP contribution in [0.25, 0.3) is 0 Å². The van der Waals surface area contributed by atoms with Gasteiger partial charge in [-0.05, 0) is 29.7 Å². The Kier molecular flexibility index (Phi) is 3.39. The fourth-order valence-corrected chi connectivity index (χ4v) is 2.20. The Morgan fingerprint density at radius 3 is 2.89 bits per heavy atom. The molecule has 0 spiro atoms. The summed E-state index contributed by atoms with van der Waals surface area (Å²) in [7, 11) is 0. The minimum atomic E-state index is -0.138. The minimum absolute atomic E-state index is 0.138. The Balaban J connectivity index is 1.71. The van der Waals surface area contributed by atoms with Crippen LogP contribution in [0.3, 0.4) is 0 Å². The van der Waals surface area contributed by atoms with Gasteiger partial charge >= 0.3 is 0 Å². The van der Waals surface area contributed by atoms with E-state index in [2.05, 4.69) is 12.0 Å². The van der Waals surface area contributed by atoms with Gasteiger partial charge in [0.15, 0.2) is 0 Å². The summed E-state index contributed by atoms with van der Waals surface area (Å²) < 4.78 is 10.7. The molecule has 2 aliphatic rings. The molecule has 1 fully saturated rings. The lowest BCUT2D eigenvalue weighted by atomic mass is 10.1. The van der Waals surface area contributed by atoms with Crippen LogP contribution < -0.4 is 4.74 Å². The third-order valence-corrected chi connectivity index (χ3v) is 3.29. The highest BCUT2D eigenvalue weighted by molar-refractivity contribution is 6.09. The van der Waals surface area contributed by atoms with Gasteiger partial charge in [0.2, 0.25) is 5.78 Å². The molecular formula is C15H15NO3. The molecule has 0 unspecified atom stereocenters. The first kappa shape index (κ1) is 12.1. The maximum absolute atomic E-state index is 12.0. The van der Waals surface area contributed by atoms with Gasteiger partial charge in [-0.1, -0.05) is 0 Å². The van der Waals surface area contributed by atoms with Crippen LogP contribution in [-0.2, 0) is 11.2 Å². The Morgan fingerprint density at radius 1 is 1.21 bits per heavy atom. The molecule has 0 N–H and O–H groups in total. The van der Waals surface area contributed by atoms with Gasteiger partial charge in [0.1, 0.15) is 5.75 Å². The molecule has 3 rings (SSSR count). The number of hydrogen-bond acceptors (Lipinski definition) is 4. The van der Waals surface area contributed by atoms with E-state index in [9.17, 15) is 4.79 Å². The maximum atomic E-state index is 12.0. The van der Waals surface area contributed by atoms with Crippen molar-refractivity contribution in [3.63, 3.8) is 0 Å². The van der Waals surface area contributed by atoms with Gasteiger partial charge in [-0.15, -0.1) is 0 Å². The molecule has 0 atom stereocenters. The largest absolute Gasteiger partial charge is 0.493 e. The highest BCUT2D eigenvalue weighted by Gasteiger charge is 2.14.